The Kier molecular flexibility index (Phi) is 5.64. The van der Waals surface area contributed by atoms with E-state index in [2.05, 4.69) is 20.8 Å². The first-order chi connectivity index (χ1) is 16.3. The molecule has 1 aliphatic heterocycles. The van der Waals surface area contributed by atoms with Crippen LogP contribution in [0.5, 0.6) is 0 Å². The van der Waals surface area contributed by atoms with Gasteiger partial charge < -0.3 is 10.6 Å². The van der Waals surface area contributed by atoms with E-state index in [1.165, 1.54) is 11.3 Å². The van der Waals surface area contributed by atoms with E-state index in [1.54, 1.807) is 29.1 Å². The molecule has 5 rings (SSSR count). The minimum atomic E-state index is -4.50. The van der Waals surface area contributed by atoms with Gasteiger partial charge in [0.25, 0.3) is 5.91 Å². The van der Waals surface area contributed by atoms with E-state index >= 15 is 0 Å². The highest BCUT2D eigenvalue weighted by molar-refractivity contribution is 7.10. The van der Waals surface area contributed by atoms with Crippen molar-refractivity contribution in [3.63, 3.8) is 0 Å². The number of carbonyl (C=O) groups excluding carboxylic acids is 1. The van der Waals surface area contributed by atoms with Gasteiger partial charge in [0, 0.05) is 23.6 Å². The molecular formula is C23H21F3N6OS. The molecule has 11 heteroatoms. The van der Waals surface area contributed by atoms with E-state index < -0.39 is 24.2 Å². The molecule has 0 unspecified atom stereocenters. The second-order valence-electron chi connectivity index (χ2n) is 8.14. The van der Waals surface area contributed by atoms with Crippen molar-refractivity contribution < 1.29 is 18.0 Å². The molecule has 0 aliphatic carbocycles. The van der Waals surface area contributed by atoms with Crippen molar-refractivity contribution in [2.45, 2.75) is 38.1 Å². The molecule has 2 atom stereocenters. The standard InChI is InChI=1S/C23H21F3N6OS/c1-14-5-2-3-6-15(14)13-31-9-8-20(30-31)29-22(33)16-12-27-32-19(23(24,25)26)11-17(28-21(16)32)18-7-4-10-34-18/h2-10,12,17,19,28H,11,13H2,1H3,(H,29,30,33)/t17-,19+/m0/s1. The van der Waals surface area contributed by atoms with Crippen molar-refractivity contribution in [3.05, 3.63) is 81.8 Å². The zero-order valence-electron chi connectivity index (χ0n) is 18.1. The number of aryl methyl sites for hydroxylation is 1. The van der Waals surface area contributed by atoms with Crippen LogP contribution in [0.3, 0.4) is 0 Å². The van der Waals surface area contributed by atoms with Gasteiger partial charge in [0.1, 0.15) is 11.4 Å². The minimum Gasteiger partial charge on any atom is -0.362 e. The Balaban J connectivity index is 1.37. The maximum absolute atomic E-state index is 13.8. The second kappa shape index (κ2) is 8.64. The maximum Gasteiger partial charge on any atom is 0.410 e. The Hall–Kier alpha value is -3.60. The number of nitrogens with one attached hydrogen (secondary N) is 2. The molecular weight excluding hydrogens is 465 g/mol. The molecule has 0 saturated heterocycles. The molecule has 0 bridgehead atoms. The van der Waals surface area contributed by atoms with Gasteiger partial charge in [-0.05, 0) is 29.5 Å². The molecule has 2 N–H and O–H groups in total. The van der Waals surface area contributed by atoms with Crippen LogP contribution in [-0.4, -0.2) is 31.6 Å². The zero-order valence-corrected chi connectivity index (χ0v) is 18.9. The number of thiophene rings is 1. The van der Waals surface area contributed by atoms with Gasteiger partial charge in [0.2, 0.25) is 0 Å². The lowest BCUT2D eigenvalue weighted by molar-refractivity contribution is -0.173. The average molecular weight is 487 g/mol. The largest absolute Gasteiger partial charge is 0.410 e. The van der Waals surface area contributed by atoms with E-state index in [0.29, 0.717) is 12.4 Å². The molecule has 3 aromatic heterocycles. The lowest BCUT2D eigenvalue weighted by Crippen LogP contribution is -2.36. The molecule has 0 spiro atoms. The predicted molar refractivity (Wildman–Crippen MR) is 123 cm³/mol. The summed E-state index contributed by atoms with van der Waals surface area (Å²) in [5, 5.41) is 15.9. The van der Waals surface area contributed by atoms with Crippen LogP contribution in [-0.2, 0) is 6.54 Å². The molecule has 1 aromatic carbocycles. The van der Waals surface area contributed by atoms with E-state index in [9.17, 15) is 18.0 Å². The van der Waals surface area contributed by atoms with Crippen LogP contribution in [0.25, 0.3) is 0 Å². The van der Waals surface area contributed by atoms with E-state index in [1.807, 2.05) is 36.6 Å². The zero-order chi connectivity index (χ0) is 23.9. The summed E-state index contributed by atoms with van der Waals surface area (Å²) < 4.78 is 44.0. The van der Waals surface area contributed by atoms with Gasteiger partial charge >= 0.3 is 6.18 Å². The third kappa shape index (κ3) is 4.30. The summed E-state index contributed by atoms with van der Waals surface area (Å²) in [5.41, 5.74) is 2.25. The number of benzene rings is 1. The molecule has 34 heavy (non-hydrogen) atoms. The molecule has 176 valence electrons. The predicted octanol–water partition coefficient (Wildman–Crippen LogP) is 5.41. The highest BCUT2D eigenvalue weighted by atomic mass is 32.1. The fraction of sp³-hybridized carbons (Fsp3) is 0.261. The van der Waals surface area contributed by atoms with Gasteiger partial charge in [-0.3, -0.25) is 9.48 Å². The van der Waals surface area contributed by atoms with Crippen LogP contribution in [0.2, 0.25) is 0 Å². The van der Waals surface area contributed by atoms with Gasteiger partial charge in [-0.15, -0.1) is 11.3 Å². The smallest absolute Gasteiger partial charge is 0.362 e. The number of amides is 1. The minimum absolute atomic E-state index is 0.0314. The van der Waals surface area contributed by atoms with E-state index in [0.717, 1.165) is 26.9 Å². The number of alkyl halides is 3. The lowest BCUT2D eigenvalue weighted by Gasteiger charge is -2.33. The first-order valence-corrected chi connectivity index (χ1v) is 11.5. The number of fused-ring (bicyclic) bond motifs is 1. The summed E-state index contributed by atoms with van der Waals surface area (Å²) in [4.78, 5) is 13.8. The Labute approximate surface area is 197 Å². The summed E-state index contributed by atoms with van der Waals surface area (Å²) >= 11 is 1.37. The summed E-state index contributed by atoms with van der Waals surface area (Å²) in [6.07, 6.45) is -1.80. The summed E-state index contributed by atoms with van der Waals surface area (Å²) in [6.45, 7) is 2.54. The Morgan fingerprint density at radius 2 is 2.06 bits per heavy atom. The fourth-order valence-electron chi connectivity index (χ4n) is 4.07. The van der Waals surface area contributed by atoms with Gasteiger partial charge in [-0.2, -0.15) is 23.4 Å². The van der Waals surface area contributed by atoms with Crippen LogP contribution in [0, 0.1) is 6.92 Å². The van der Waals surface area contributed by atoms with Crippen LogP contribution in [0.15, 0.2) is 60.2 Å². The second-order valence-corrected chi connectivity index (χ2v) is 9.12. The number of rotatable bonds is 5. The van der Waals surface area contributed by atoms with Crippen molar-refractivity contribution in [1.82, 2.24) is 19.6 Å². The summed E-state index contributed by atoms with van der Waals surface area (Å²) in [6, 6.07) is 10.7. The molecule has 4 heterocycles. The average Bonchev–Trinajstić information content (AvgIpc) is 3.55. The van der Waals surface area contributed by atoms with Crippen LogP contribution in [0.4, 0.5) is 24.8 Å². The number of carbonyl (C=O) groups is 1. The lowest BCUT2D eigenvalue weighted by atomic mass is 10.0. The van der Waals surface area contributed by atoms with Crippen molar-refractivity contribution in [3.8, 4) is 0 Å². The quantitative estimate of drug-likeness (QED) is 0.396. The SMILES string of the molecule is Cc1ccccc1Cn1ccc(NC(=O)c2cnn3c2N[C@H](c2cccs2)C[C@@H]3C(F)(F)F)n1. The fourth-order valence-corrected chi connectivity index (χ4v) is 4.86. The Morgan fingerprint density at radius 1 is 1.24 bits per heavy atom. The molecule has 4 aromatic rings. The number of hydrogen-bond acceptors (Lipinski definition) is 5. The van der Waals surface area contributed by atoms with Crippen molar-refractivity contribution >= 4 is 28.9 Å². The number of nitrogens with zero attached hydrogens (tertiary/aromatic N) is 4. The third-order valence-corrected chi connectivity index (χ3v) is 6.83. The first-order valence-electron chi connectivity index (χ1n) is 10.6. The monoisotopic (exact) mass is 486 g/mol. The van der Waals surface area contributed by atoms with Gasteiger partial charge in [-0.25, -0.2) is 4.68 Å². The summed E-state index contributed by atoms with van der Waals surface area (Å²) in [5.74, 6) is -0.233. The molecule has 0 fully saturated rings. The van der Waals surface area contributed by atoms with Gasteiger partial charge in [-0.1, -0.05) is 30.3 Å². The summed E-state index contributed by atoms with van der Waals surface area (Å²) in [7, 11) is 0. The molecule has 0 saturated carbocycles. The molecule has 1 aliphatic rings. The van der Waals surface area contributed by atoms with Crippen molar-refractivity contribution in [1.29, 1.82) is 0 Å². The van der Waals surface area contributed by atoms with E-state index in [-0.39, 0.29) is 17.8 Å². The first kappa shape index (κ1) is 22.2. The topological polar surface area (TPSA) is 76.8 Å². The molecule has 1 amide bonds. The maximum atomic E-state index is 13.8. The highest BCUT2D eigenvalue weighted by Gasteiger charge is 2.47. The van der Waals surface area contributed by atoms with Gasteiger partial charge in [0.15, 0.2) is 11.9 Å². The van der Waals surface area contributed by atoms with Crippen LogP contribution >= 0.6 is 11.3 Å². The molecule has 0 radical (unpaired) electrons. The van der Waals surface area contributed by atoms with Crippen molar-refractivity contribution in [2.24, 2.45) is 0 Å². The number of hydrogen-bond donors (Lipinski definition) is 2. The normalized spacial score (nSPS) is 17.8. The number of anilines is 2. The van der Waals surface area contributed by atoms with Crippen LogP contribution < -0.4 is 10.6 Å². The van der Waals surface area contributed by atoms with Crippen LogP contribution in [0.1, 0.15) is 44.9 Å². The highest BCUT2D eigenvalue weighted by Crippen LogP contribution is 2.45. The van der Waals surface area contributed by atoms with Gasteiger partial charge in [0.05, 0.1) is 18.8 Å². The third-order valence-electron chi connectivity index (χ3n) is 5.85. The Morgan fingerprint density at radius 3 is 2.79 bits per heavy atom. The molecule has 7 nitrogen and oxygen atoms in total. The number of halogens is 3. The van der Waals surface area contributed by atoms with Crippen molar-refractivity contribution in [2.75, 3.05) is 10.6 Å². The van der Waals surface area contributed by atoms with E-state index in [4.69, 9.17) is 0 Å². The Bertz CT molecular complexity index is 1310. The number of aromatic nitrogens is 4.